The van der Waals surface area contributed by atoms with Crippen molar-refractivity contribution in [1.29, 1.82) is 0 Å². The lowest BCUT2D eigenvalue weighted by Gasteiger charge is -2.36. The van der Waals surface area contributed by atoms with E-state index < -0.39 is 33.7 Å². The first-order chi connectivity index (χ1) is 17.9. The largest absolute Gasteiger partial charge is 0.416 e. The Balaban J connectivity index is 1.42. The second-order valence-electron chi connectivity index (χ2n) is 8.83. The van der Waals surface area contributed by atoms with E-state index in [1.165, 1.54) is 22.5 Å². The van der Waals surface area contributed by atoms with Crippen LogP contribution in [0, 0.1) is 5.82 Å². The number of sulfonamides is 1. The predicted octanol–water partition coefficient (Wildman–Crippen LogP) is 6.42. The first-order valence-corrected chi connectivity index (χ1v) is 13.8. The van der Waals surface area contributed by atoms with Crippen molar-refractivity contribution in [2.75, 3.05) is 32.7 Å². The van der Waals surface area contributed by atoms with Gasteiger partial charge in [0.15, 0.2) is 0 Å². The maximum Gasteiger partial charge on any atom is 0.416 e. The molecule has 0 spiro atoms. The molecule has 3 aromatic rings. The van der Waals surface area contributed by atoms with E-state index in [0.717, 1.165) is 29.8 Å². The second-order valence-corrected chi connectivity index (χ2v) is 11.6. The van der Waals surface area contributed by atoms with E-state index in [9.17, 15) is 26.0 Å². The number of ether oxygens (including phenoxy) is 1. The van der Waals surface area contributed by atoms with Crippen LogP contribution < -0.4 is 0 Å². The highest BCUT2D eigenvalue weighted by Crippen LogP contribution is 2.30. The summed E-state index contributed by atoms with van der Waals surface area (Å²) in [5, 5.41) is 0.288. The van der Waals surface area contributed by atoms with Crippen LogP contribution in [0.25, 0.3) is 0 Å². The van der Waals surface area contributed by atoms with E-state index in [-0.39, 0.29) is 29.6 Å². The summed E-state index contributed by atoms with van der Waals surface area (Å²) in [7, 11) is -3.84. The number of halogens is 6. The third kappa shape index (κ3) is 7.05. The van der Waals surface area contributed by atoms with Crippen LogP contribution >= 0.6 is 23.2 Å². The second kappa shape index (κ2) is 11.9. The zero-order chi connectivity index (χ0) is 27.5. The summed E-state index contributed by atoms with van der Waals surface area (Å²) < 4.78 is 85.5. The van der Waals surface area contributed by atoms with Crippen molar-refractivity contribution in [2.45, 2.75) is 23.8 Å². The van der Waals surface area contributed by atoms with Gasteiger partial charge in [-0.15, -0.1) is 0 Å². The number of hydrogen-bond donors (Lipinski definition) is 0. The number of hydrogen-bond acceptors (Lipinski definition) is 4. The van der Waals surface area contributed by atoms with Gasteiger partial charge in [-0.3, -0.25) is 4.90 Å². The van der Waals surface area contributed by atoms with Crippen molar-refractivity contribution in [2.24, 2.45) is 0 Å². The van der Waals surface area contributed by atoms with Crippen LogP contribution in [-0.4, -0.2) is 50.3 Å². The molecule has 204 valence electrons. The third-order valence-electron chi connectivity index (χ3n) is 6.26. The quantitative estimate of drug-likeness (QED) is 0.284. The van der Waals surface area contributed by atoms with E-state index in [1.807, 2.05) is 12.1 Å². The Morgan fingerprint density at radius 1 is 0.895 bits per heavy atom. The van der Waals surface area contributed by atoms with Gasteiger partial charge >= 0.3 is 6.18 Å². The Kier molecular flexibility index (Phi) is 9.01. The standard InChI is InChI=1S/C26H24Cl2F4N2O3S/c27-21-7-3-19(4-8-21)25(37-17-18-1-5-20(6-2-18)26(30,31)32)16-33-11-13-34(14-12-33)38(35,36)22-9-10-24(29)23(28)15-22/h1-10,15,25H,11-14,16-17H2. The average Bonchev–Trinajstić information content (AvgIpc) is 2.88. The maximum absolute atomic E-state index is 13.5. The lowest BCUT2D eigenvalue weighted by Crippen LogP contribution is -2.49. The van der Waals surface area contributed by atoms with Crippen LogP contribution in [0.4, 0.5) is 17.6 Å². The summed E-state index contributed by atoms with van der Waals surface area (Å²) in [6, 6.07) is 15.2. The Labute approximate surface area is 228 Å². The Hall–Kier alpha value is -2.21. The Bertz CT molecular complexity index is 1350. The molecule has 4 rings (SSSR count). The SMILES string of the molecule is O=S(=O)(c1ccc(F)c(Cl)c1)N1CCN(CC(OCc2ccc(C(F)(F)F)cc2)c2ccc(Cl)cc2)CC1. The molecule has 0 bridgehead atoms. The van der Waals surface area contributed by atoms with Gasteiger partial charge in [0.1, 0.15) is 5.82 Å². The molecule has 1 unspecified atom stereocenters. The zero-order valence-electron chi connectivity index (χ0n) is 20.0. The van der Waals surface area contributed by atoms with Gasteiger partial charge < -0.3 is 4.74 Å². The first kappa shape index (κ1) is 28.8. The van der Waals surface area contributed by atoms with E-state index >= 15 is 0 Å². The molecule has 1 aliphatic rings. The summed E-state index contributed by atoms with van der Waals surface area (Å²) in [6.07, 6.45) is -4.85. The van der Waals surface area contributed by atoms with Gasteiger partial charge in [-0.05, 0) is 53.6 Å². The van der Waals surface area contributed by atoms with Crippen LogP contribution in [0.2, 0.25) is 10.0 Å². The molecule has 0 amide bonds. The molecule has 0 N–H and O–H groups in total. The highest BCUT2D eigenvalue weighted by molar-refractivity contribution is 7.89. The van der Waals surface area contributed by atoms with Gasteiger partial charge in [0.2, 0.25) is 10.0 Å². The lowest BCUT2D eigenvalue weighted by molar-refractivity contribution is -0.137. The number of rotatable bonds is 8. The Morgan fingerprint density at radius 3 is 2.11 bits per heavy atom. The molecule has 0 radical (unpaired) electrons. The summed E-state index contributed by atoms with van der Waals surface area (Å²) >= 11 is 11.8. The van der Waals surface area contributed by atoms with Gasteiger partial charge in [-0.25, -0.2) is 12.8 Å². The fraction of sp³-hybridized carbons (Fsp3) is 0.308. The molecular weight excluding hydrogens is 567 g/mol. The zero-order valence-corrected chi connectivity index (χ0v) is 22.3. The lowest BCUT2D eigenvalue weighted by atomic mass is 10.1. The summed E-state index contributed by atoms with van der Waals surface area (Å²) in [5.41, 5.74) is 0.689. The minimum Gasteiger partial charge on any atom is -0.368 e. The first-order valence-electron chi connectivity index (χ1n) is 11.6. The molecule has 1 heterocycles. The van der Waals surface area contributed by atoms with Crippen LogP contribution in [0.15, 0.2) is 71.6 Å². The number of nitrogens with zero attached hydrogens (tertiary/aromatic N) is 2. The van der Waals surface area contributed by atoms with Crippen molar-refractivity contribution in [3.05, 3.63) is 99.3 Å². The average molecular weight is 591 g/mol. The molecule has 5 nitrogen and oxygen atoms in total. The molecule has 1 aliphatic heterocycles. The maximum atomic E-state index is 13.5. The van der Waals surface area contributed by atoms with Crippen molar-refractivity contribution in [1.82, 2.24) is 9.21 Å². The fourth-order valence-corrected chi connectivity index (χ4v) is 5.91. The highest BCUT2D eigenvalue weighted by Gasteiger charge is 2.31. The van der Waals surface area contributed by atoms with E-state index in [2.05, 4.69) is 4.90 Å². The topological polar surface area (TPSA) is 49.9 Å². The van der Waals surface area contributed by atoms with Crippen LogP contribution in [0.3, 0.4) is 0 Å². The van der Waals surface area contributed by atoms with Crippen molar-refractivity contribution < 1.29 is 30.7 Å². The van der Waals surface area contributed by atoms with Crippen LogP contribution in [0.1, 0.15) is 22.8 Å². The van der Waals surface area contributed by atoms with E-state index in [1.54, 1.807) is 12.1 Å². The van der Waals surface area contributed by atoms with Crippen LogP contribution in [-0.2, 0) is 27.5 Å². The van der Waals surface area contributed by atoms with Gasteiger partial charge in [0.25, 0.3) is 0 Å². The normalized spacial score (nSPS) is 16.5. The summed E-state index contributed by atoms with van der Waals surface area (Å²) in [4.78, 5) is 1.98. The molecule has 3 aromatic carbocycles. The summed E-state index contributed by atoms with van der Waals surface area (Å²) in [6.45, 7) is 1.78. The van der Waals surface area contributed by atoms with Crippen LogP contribution in [0.5, 0.6) is 0 Å². The van der Waals surface area contributed by atoms with Crippen molar-refractivity contribution in [3.8, 4) is 0 Å². The molecule has 1 atom stereocenters. The molecule has 0 aliphatic carbocycles. The third-order valence-corrected chi connectivity index (χ3v) is 8.69. The van der Waals surface area contributed by atoms with E-state index in [4.69, 9.17) is 27.9 Å². The molecule has 1 saturated heterocycles. The summed E-state index contributed by atoms with van der Waals surface area (Å²) in [5.74, 6) is -0.694. The molecule has 12 heteroatoms. The molecular formula is C26H24Cl2F4N2O3S. The Morgan fingerprint density at radius 2 is 1.53 bits per heavy atom. The monoisotopic (exact) mass is 590 g/mol. The minimum absolute atomic E-state index is 0.0729. The smallest absolute Gasteiger partial charge is 0.368 e. The van der Waals surface area contributed by atoms with Gasteiger partial charge in [0.05, 0.1) is 28.2 Å². The van der Waals surface area contributed by atoms with Gasteiger partial charge in [0, 0.05) is 37.7 Å². The van der Waals surface area contributed by atoms with Crippen molar-refractivity contribution >= 4 is 33.2 Å². The molecule has 0 saturated carbocycles. The van der Waals surface area contributed by atoms with Crippen molar-refractivity contribution in [3.63, 3.8) is 0 Å². The van der Waals surface area contributed by atoms with Gasteiger partial charge in [-0.2, -0.15) is 17.5 Å². The fourth-order valence-electron chi connectivity index (χ4n) is 4.09. The number of alkyl halides is 3. The van der Waals surface area contributed by atoms with E-state index in [0.29, 0.717) is 30.2 Å². The number of benzene rings is 3. The molecule has 1 fully saturated rings. The molecule has 38 heavy (non-hydrogen) atoms. The highest BCUT2D eigenvalue weighted by atomic mass is 35.5. The molecule has 0 aromatic heterocycles. The minimum atomic E-state index is -4.41. The van der Waals surface area contributed by atoms with Gasteiger partial charge in [-0.1, -0.05) is 47.5 Å². The predicted molar refractivity (Wildman–Crippen MR) is 137 cm³/mol. The number of piperazine rings is 1.